The number of fused-ring (bicyclic) bond motifs is 1. The maximum Gasteiger partial charge on any atom is 0.228 e. The Bertz CT molecular complexity index is 267. The van der Waals surface area contributed by atoms with Crippen molar-refractivity contribution in [3.05, 3.63) is 11.3 Å². The zero-order chi connectivity index (χ0) is 8.39. The third-order valence-corrected chi connectivity index (χ3v) is 2.25. The van der Waals surface area contributed by atoms with Gasteiger partial charge in [0.05, 0.1) is 5.69 Å². The Labute approximate surface area is 72.1 Å². The first kappa shape index (κ1) is 7.65. The molecule has 2 rings (SSSR count). The normalized spacial score (nSPS) is 15.4. The summed E-state index contributed by atoms with van der Waals surface area (Å²) in [5.74, 6) is 0.907. The molecule has 1 aromatic rings. The molecule has 2 heterocycles. The highest BCUT2D eigenvalue weighted by molar-refractivity contribution is 5.45. The third-order valence-electron chi connectivity index (χ3n) is 2.25. The molecule has 1 aromatic heterocycles. The van der Waals surface area contributed by atoms with Crippen LogP contribution in [0.3, 0.4) is 0 Å². The van der Waals surface area contributed by atoms with Crippen molar-refractivity contribution in [2.75, 3.05) is 11.9 Å². The number of nitrogens with one attached hydrogen (secondary N) is 1. The highest BCUT2D eigenvalue weighted by Gasteiger charge is 2.17. The van der Waals surface area contributed by atoms with Crippen LogP contribution in [0.5, 0.6) is 0 Å². The first-order chi connectivity index (χ1) is 5.92. The lowest BCUT2D eigenvalue weighted by Crippen LogP contribution is -2.10. The Hall–Kier alpha value is -0.990. The summed E-state index contributed by atoms with van der Waals surface area (Å²) in [4.78, 5) is 0. The molecule has 0 saturated carbocycles. The molecule has 3 heteroatoms. The minimum Gasteiger partial charge on any atom is -0.354 e. The molecule has 0 unspecified atom stereocenters. The van der Waals surface area contributed by atoms with E-state index in [1.807, 2.05) is 0 Å². The molecule has 0 atom stereocenters. The summed E-state index contributed by atoms with van der Waals surface area (Å²) in [5.41, 5.74) is 2.46. The molecule has 1 aliphatic rings. The van der Waals surface area contributed by atoms with Crippen LogP contribution in [-0.2, 0) is 12.8 Å². The smallest absolute Gasteiger partial charge is 0.228 e. The van der Waals surface area contributed by atoms with Crippen LogP contribution in [0.4, 0.5) is 5.88 Å². The average molecular weight is 166 g/mol. The molecular formula is C9H14N2O. The van der Waals surface area contributed by atoms with Gasteiger partial charge in [-0.2, -0.15) is 0 Å². The standard InChI is InChI=1S/C9H14N2O/c1-2-4-8-7-5-3-6-10-9(7)12-11-8/h10H,2-6H2,1H3. The van der Waals surface area contributed by atoms with Gasteiger partial charge in [0.15, 0.2) is 0 Å². The lowest BCUT2D eigenvalue weighted by Gasteiger charge is -2.10. The van der Waals surface area contributed by atoms with E-state index in [9.17, 15) is 0 Å². The molecule has 0 bridgehead atoms. The first-order valence-corrected chi connectivity index (χ1v) is 4.63. The third kappa shape index (κ3) is 1.19. The lowest BCUT2D eigenvalue weighted by molar-refractivity contribution is 0.421. The van der Waals surface area contributed by atoms with Gasteiger partial charge in [-0.05, 0) is 19.3 Å². The number of nitrogens with zero attached hydrogens (tertiary/aromatic N) is 1. The predicted molar refractivity (Wildman–Crippen MR) is 47.3 cm³/mol. The van der Waals surface area contributed by atoms with Gasteiger partial charge >= 0.3 is 0 Å². The van der Waals surface area contributed by atoms with Crippen LogP contribution in [0.1, 0.15) is 31.0 Å². The zero-order valence-corrected chi connectivity index (χ0v) is 7.39. The van der Waals surface area contributed by atoms with Crippen LogP contribution in [0.2, 0.25) is 0 Å². The molecular weight excluding hydrogens is 152 g/mol. The number of aromatic nitrogens is 1. The van der Waals surface area contributed by atoms with E-state index in [2.05, 4.69) is 17.4 Å². The van der Waals surface area contributed by atoms with Gasteiger partial charge in [0.1, 0.15) is 0 Å². The van der Waals surface area contributed by atoms with Crippen molar-refractivity contribution >= 4 is 5.88 Å². The Kier molecular flexibility index (Phi) is 2.02. The fraction of sp³-hybridized carbons (Fsp3) is 0.667. The molecule has 0 aromatic carbocycles. The molecule has 0 amide bonds. The van der Waals surface area contributed by atoms with Crippen molar-refractivity contribution in [3.63, 3.8) is 0 Å². The maximum absolute atomic E-state index is 5.18. The minimum absolute atomic E-state index is 0.907. The van der Waals surface area contributed by atoms with Crippen LogP contribution < -0.4 is 5.32 Å². The van der Waals surface area contributed by atoms with E-state index in [4.69, 9.17) is 4.52 Å². The Morgan fingerprint density at radius 1 is 1.58 bits per heavy atom. The summed E-state index contributed by atoms with van der Waals surface area (Å²) < 4.78 is 5.18. The summed E-state index contributed by atoms with van der Waals surface area (Å²) in [6, 6.07) is 0. The summed E-state index contributed by atoms with van der Waals surface area (Å²) in [7, 11) is 0. The summed E-state index contributed by atoms with van der Waals surface area (Å²) >= 11 is 0. The average Bonchev–Trinajstić information content (AvgIpc) is 2.50. The van der Waals surface area contributed by atoms with Gasteiger partial charge in [-0.15, -0.1) is 0 Å². The molecule has 1 aliphatic heterocycles. The first-order valence-electron chi connectivity index (χ1n) is 4.63. The highest BCUT2D eigenvalue weighted by atomic mass is 16.5. The number of hydrogen-bond donors (Lipinski definition) is 1. The predicted octanol–water partition coefficient (Wildman–Crippen LogP) is 1.99. The number of anilines is 1. The van der Waals surface area contributed by atoms with Crippen LogP contribution in [0.15, 0.2) is 4.52 Å². The van der Waals surface area contributed by atoms with E-state index in [-0.39, 0.29) is 0 Å². The van der Waals surface area contributed by atoms with E-state index >= 15 is 0 Å². The van der Waals surface area contributed by atoms with Gasteiger partial charge in [-0.25, -0.2) is 0 Å². The van der Waals surface area contributed by atoms with Crippen molar-refractivity contribution < 1.29 is 4.52 Å². The SMILES string of the molecule is CCCc1noc2c1CCCN2. The van der Waals surface area contributed by atoms with Crippen LogP contribution >= 0.6 is 0 Å². The molecule has 0 fully saturated rings. The molecule has 66 valence electrons. The monoisotopic (exact) mass is 166 g/mol. The van der Waals surface area contributed by atoms with Gasteiger partial charge in [-0.3, -0.25) is 0 Å². The highest BCUT2D eigenvalue weighted by Crippen LogP contribution is 2.25. The van der Waals surface area contributed by atoms with Crippen molar-refractivity contribution in [1.82, 2.24) is 5.16 Å². The number of hydrogen-bond acceptors (Lipinski definition) is 3. The topological polar surface area (TPSA) is 38.1 Å². The fourth-order valence-corrected chi connectivity index (χ4v) is 1.64. The van der Waals surface area contributed by atoms with Crippen molar-refractivity contribution in [2.45, 2.75) is 32.6 Å². The van der Waals surface area contributed by atoms with Crippen molar-refractivity contribution in [1.29, 1.82) is 0 Å². The molecule has 1 N–H and O–H groups in total. The molecule has 0 saturated heterocycles. The van der Waals surface area contributed by atoms with E-state index in [0.717, 1.165) is 37.4 Å². The number of aryl methyl sites for hydroxylation is 1. The second-order valence-corrected chi connectivity index (χ2v) is 3.22. The zero-order valence-electron chi connectivity index (χ0n) is 7.39. The van der Waals surface area contributed by atoms with Crippen molar-refractivity contribution in [2.24, 2.45) is 0 Å². The molecule has 0 aliphatic carbocycles. The van der Waals surface area contributed by atoms with E-state index in [1.54, 1.807) is 0 Å². The molecule has 12 heavy (non-hydrogen) atoms. The molecule has 0 spiro atoms. The summed E-state index contributed by atoms with van der Waals surface area (Å²) in [5, 5.41) is 7.26. The number of rotatable bonds is 2. The largest absolute Gasteiger partial charge is 0.354 e. The Morgan fingerprint density at radius 3 is 3.33 bits per heavy atom. The van der Waals surface area contributed by atoms with Gasteiger partial charge in [0.2, 0.25) is 5.88 Å². The van der Waals surface area contributed by atoms with Crippen LogP contribution in [-0.4, -0.2) is 11.7 Å². The minimum atomic E-state index is 0.907. The summed E-state index contributed by atoms with van der Waals surface area (Å²) in [6.07, 6.45) is 4.51. The molecule has 0 radical (unpaired) electrons. The van der Waals surface area contributed by atoms with Crippen LogP contribution in [0.25, 0.3) is 0 Å². The maximum atomic E-state index is 5.18. The lowest BCUT2D eigenvalue weighted by atomic mass is 10.0. The second kappa shape index (κ2) is 3.17. The van der Waals surface area contributed by atoms with E-state index < -0.39 is 0 Å². The Balaban J connectivity index is 2.25. The van der Waals surface area contributed by atoms with Crippen LogP contribution in [0, 0.1) is 0 Å². The van der Waals surface area contributed by atoms with Gasteiger partial charge in [-0.1, -0.05) is 18.5 Å². The van der Waals surface area contributed by atoms with E-state index in [0.29, 0.717) is 0 Å². The quantitative estimate of drug-likeness (QED) is 0.730. The van der Waals surface area contributed by atoms with E-state index in [1.165, 1.54) is 12.0 Å². The van der Waals surface area contributed by atoms with Gasteiger partial charge in [0, 0.05) is 12.1 Å². The fourth-order valence-electron chi connectivity index (χ4n) is 1.64. The summed E-state index contributed by atoms with van der Waals surface area (Å²) in [6.45, 7) is 3.19. The Morgan fingerprint density at radius 2 is 2.50 bits per heavy atom. The van der Waals surface area contributed by atoms with Crippen molar-refractivity contribution in [3.8, 4) is 0 Å². The van der Waals surface area contributed by atoms with Gasteiger partial charge < -0.3 is 9.84 Å². The van der Waals surface area contributed by atoms with Gasteiger partial charge in [0.25, 0.3) is 0 Å². The second-order valence-electron chi connectivity index (χ2n) is 3.22. The molecule has 3 nitrogen and oxygen atoms in total.